The van der Waals surface area contributed by atoms with Crippen molar-refractivity contribution in [2.24, 2.45) is 0 Å². The lowest BCUT2D eigenvalue weighted by Gasteiger charge is -2.09. The van der Waals surface area contributed by atoms with E-state index in [1.54, 1.807) is 6.07 Å². The van der Waals surface area contributed by atoms with E-state index in [-0.39, 0.29) is 16.3 Å². The number of nitrogens with zero attached hydrogens (tertiary/aromatic N) is 3. The van der Waals surface area contributed by atoms with Crippen molar-refractivity contribution in [2.75, 3.05) is 7.05 Å². The van der Waals surface area contributed by atoms with Gasteiger partial charge in [-0.05, 0) is 13.5 Å². The van der Waals surface area contributed by atoms with Gasteiger partial charge in [-0.2, -0.15) is 5.10 Å². The van der Waals surface area contributed by atoms with Crippen molar-refractivity contribution < 1.29 is 4.39 Å². The zero-order valence-electron chi connectivity index (χ0n) is 9.34. The van der Waals surface area contributed by atoms with Crippen molar-refractivity contribution in [2.45, 2.75) is 19.4 Å². The van der Waals surface area contributed by atoms with Gasteiger partial charge in [-0.15, -0.1) is 0 Å². The summed E-state index contributed by atoms with van der Waals surface area (Å²) in [5.74, 6) is -0.756. The number of halogens is 3. The van der Waals surface area contributed by atoms with Crippen molar-refractivity contribution in [3.8, 4) is 0 Å². The summed E-state index contributed by atoms with van der Waals surface area (Å²) in [5, 5.41) is 6.92. The van der Waals surface area contributed by atoms with Crippen LogP contribution in [0.4, 0.5) is 4.39 Å². The highest BCUT2D eigenvalue weighted by molar-refractivity contribution is 6.33. The first-order valence-electron chi connectivity index (χ1n) is 5.16. The van der Waals surface area contributed by atoms with Gasteiger partial charge in [0.25, 0.3) is 0 Å². The third-order valence-electron chi connectivity index (χ3n) is 2.58. The van der Waals surface area contributed by atoms with Crippen LogP contribution in [0.1, 0.15) is 25.1 Å². The molecule has 2 heterocycles. The molecule has 4 nitrogen and oxygen atoms in total. The maximum atomic E-state index is 13.4. The minimum absolute atomic E-state index is 0.0783. The second kappa shape index (κ2) is 4.76. The zero-order chi connectivity index (χ0) is 12.6. The highest BCUT2D eigenvalue weighted by atomic mass is 35.5. The molecule has 1 atom stereocenters. The number of hydrogen-bond donors (Lipinski definition) is 1. The molecule has 0 amide bonds. The van der Waals surface area contributed by atoms with Crippen LogP contribution in [0.15, 0.2) is 6.07 Å². The number of aromatic nitrogens is 3. The van der Waals surface area contributed by atoms with E-state index >= 15 is 0 Å². The minimum Gasteiger partial charge on any atom is -0.312 e. The predicted molar refractivity (Wildman–Crippen MR) is 65.1 cm³/mol. The van der Waals surface area contributed by atoms with Gasteiger partial charge in [-0.25, -0.2) is 13.9 Å². The van der Waals surface area contributed by atoms with Crippen molar-refractivity contribution in [3.63, 3.8) is 0 Å². The summed E-state index contributed by atoms with van der Waals surface area (Å²) in [7, 11) is 1.83. The monoisotopic (exact) mass is 276 g/mol. The van der Waals surface area contributed by atoms with E-state index in [4.69, 9.17) is 23.2 Å². The molecule has 0 spiro atoms. The maximum Gasteiger partial charge on any atom is 0.197 e. The van der Waals surface area contributed by atoms with Crippen molar-refractivity contribution in [3.05, 3.63) is 27.9 Å². The average molecular weight is 277 g/mol. The van der Waals surface area contributed by atoms with Gasteiger partial charge < -0.3 is 5.32 Å². The summed E-state index contributed by atoms with van der Waals surface area (Å²) in [6.07, 6.45) is 0.855. The summed E-state index contributed by atoms with van der Waals surface area (Å²) < 4.78 is 14.7. The van der Waals surface area contributed by atoms with Gasteiger partial charge >= 0.3 is 0 Å². The molecule has 1 N–H and O–H groups in total. The Bertz CT molecular complexity index is 551. The molecule has 0 aromatic carbocycles. The minimum atomic E-state index is -0.756. The summed E-state index contributed by atoms with van der Waals surface area (Å²) in [6, 6.07) is 1.82. The molecule has 92 valence electrons. The second-order valence-corrected chi connectivity index (χ2v) is 4.31. The molecular formula is C10H11Cl2FN4. The zero-order valence-corrected chi connectivity index (χ0v) is 10.8. The molecule has 7 heteroatoms. The molecule has 0 fully saturated rings. The highest BCUT2D eigenvalue weighted by Crippen LogP contribution is 2.24. The lowest BCUT2D eigenvalue weighted by molar-refractivity contribution is 0.554. The SMILES string of the molecule is CC[C@H](NC)c1cc2nc(Cl)c(F)c(Cl)n2n1. The standard InChI is InChI=1S/C10H11Cl2FN4/c1-3-5(14-2)6-4-7-15-9(11)8(13)10(12)17(7)16-6/h4-5,14H,3H2,1-2H3/t5-/m0/s1. The molecule has 2 rings (SSSR count). The molecular weight excluding hydrogens is 266 g/mol. The molecule has 0 radical (unpaired) electrons. The summed E-state index contributed by atoms with van der Waals surface area (Å²) in [6.45, 7) is 2.02. The van der Waals surface area contributed by atoms with Crippen LogP contribution in [0.25, 0.3) is 5.65 Å². The van der Waals surface area contributed by atoms with E-state index in [2.05, 4.69) is 15.4 Å². The first-order chi connectivity index (χ1) is 8.08. The Balaban J connectivity index is 2.61. The van der Waals surface area contributed by atoms with Crippen molar-refractivity contribution in [1.82, 2.24) is 19.9 Å². The molecule has 0 aliphatic carbocycles. The fourth-order valence-corrected chi connectivity index (χ4v) is 2.11. The molecule has 0 bridgehead atoms. The molecule has 2 aromatic heterocycles. The smallest absolute Gasteiger partial charge is 0.197 e. The van der Waals surface area contributed by atoms with E-state index in [1.807, 2.05) is 14.0 Å². The largest absolute Gasteiger partial charge is 0.312 e. The summed E-state index contributed by atoms with van der Waals surface area (Å²) in [5.41, 5.74) is 1.19. The Morgan fingerprint density at radius 3 is 2.82 bits per heavy atom. The third kappa shape index (κ3) is 2.10. The quantitative estimate of drug-likeness (QED) is 0.877. The fraction of sp³-hybridized carbons (Fsp3) is 0.400. The van der Waals surface area contributed by atoms with Crippen LogP contribution in [0.2, 0.25) is 10.3 Å². The molecule has 2 aromatic rings. The Kier molecular flexibility index (Phi) is 3.51. The Morgan fingerprint density at radius 2 is 2.24 bits per heavy atom. The lowest BCUT2D eigenvalue weighted by Crippen LogP contribution is -2.15. The number of fused-ring (bicyclic) bond motifs is 1. The molecule has 0 saturated heterocycles. The second-order valence-electron chi connectivity index (χ2n) is 3.60. The Labute approximate surface area is 108 Å². The number of rotatable bonds is 3. The van der Waals surface area contributed by atoms with Crippen LogP contribution >= 0.6 is 23.2 Å². The van der Waals surface area contributed by atoms with Gasteiger partial charge in [0.2, 0.25) is 0 Å². The molecule has 0 aliphatic heterocycles. The van der Waals surface area contributed by atoms with E-state index in [1.165, 1.54) is 4.52 Å². The Hall–Kier alpha value is -0.910. The highest BCUT2D eigenvalue weighted by Gasteiger charge is 2.17. The van der Waals surface area contributed by atoms with Crippen LogP contribution in [-0.4, -0.2) is 21.6 Å². The summed E-state index contributed by atoms with van der Waals surface area (Å²) in [4.78, 5) is 3.89. The van der Waals surface area contributed by atoms with Gasteiger partial charge in [0, 0.05) is 6.07 Å². The van der Waals surface area contributed by atoms with E-state index in [0.717, 1.165) is 12.1 Å². The topological polar surface area (TPSA) is 42.2 Å². The van der Waals surface area contributed by atoms with Gasteiger partial charge in [0.15, 0.2) is 21.8 Å². The van der Waals surface area contributed by atoms with Gasteiger partial charge in [0.1, 0.15) is 0 Å². The average Bonchev–Trinajstić information content (AvgIpc) is 2.72. The van der Waals surface area contributed by atoms with E-state index in [0.29, 0.717) is 5.65 Å². The predicted octanol–water partition coefficient (Wildman–Crippen LogP) is 2.85. The van der Waals surface area contributed by atoms with Crippen molar-refractivity contribution in [1.29, 1.82) is 0 Å². The maximum absolute atomic E-state index is 13.4. The summed E-state index contributed by atoms with van der Waals surface area (Å²) >= 11 is 11.4. The van der Waals surface area contributed by atoms with E-state index in [9.17, 15) is 4.39 Å². The number of nitrogens with one attached hydrogen (secondary N) is 1. The van der Waals surface area contributed by atoms with Gasteiger partial charge in [-0.3, -0.25) is 0 Å². The molecule has 17 heavy (non-hydrogen) atoms. The van der Waals surface area contributed by atoms with Crippen molar-refractivity contribution >= 4 is 28.8 Å². The number of hydrogen-bond acceptors (Lipinski definition) is 3. The van der Waals surface area contributed by atoms with Crippen LogP contribution < -0.4 is 5.32 Å². The van der Waals surface area contributed by atoms with Crippen LogP contribution in [-0.2, 0) is 0 Å². The first-order valence-corrected chi connectivity index (χ1v) is 5.91. The lowest BCUT2D eigenvalue weighted by atomic mass is 10.1. The molecule has 0 unspecified atom stereocenters. The van der Waals surface area contributed by atoms with Gasteiger partial charge in [0.05, 0.1) is 11.7 Å². The molecule has 0 saturated carbocycles. The molecule has 0 aliphatic rings. The third-order valence-corrected chi connectivity index (χ3v) is 3.16. The fourth-order valence-electron chi connectivity index (χ4n) is 1.67. The van der Waals surface area contributed by atoms with Crippen LogP contribution in [0, 0.1) is 5.82 Å². The van der Waals surface area contributed by atoms with Crippen LogP contribution in [0.5, 0.6) is 0 Å². The Morgan fingerprint density at radius 1 is 1.53 bits per heavy atom. The van der Waals surface area contributed by atoms with E-state index < -0.39 is 5.82 Å². The normalized spacial score (nSPS) is 13.2. The van der Waals surface area contributed by atoms with Crippen LogP contribution in [0.3, 0.4) is 0 Å². The first kappa shape index (κ1) is 12.5. The van der Waals surface area contributed by atoms with Gasteiger partial charge in [-0.1, -0.05) is 30.1 Å².